The van der Waals surface area contributed by atoms with Crippen molar-refractivity contribution in [3.63, 3.8) is 0 Å². The van der Waals surface area contributed by atoms with Gasteiger partial charge in [0, 0.05) is 18.8 Å². The Morgan fingerprint density at radius 2 is 1.92 bits per heavy atom. The highest BCUT2D eigenvalue weighted by Crippen LogP contribution is 2.26. The first kappa shape index (κ1) is 8.45. The fourth-order valence-corrected chi connectivity index (χ4v) is 0.905. The Bertz CT molecular complexity index is 265. The Kier molecular flexibility index (Phi) is 1.95. The SMILES string of the molecule is O=C(O)C1(C(=O)O)C=CN=CC1. The lowest BCUT2D eigenvalue weighted by Crippen LogP contribution is -2.38. The van der Waals surface area contributed by atoms with Crippen LogP contribution in [0.1, 0.15) is 6.42 Å². The van der Waals surface area contributed by atoms with Gasteiger partial charge in [0.05, 0.1) is 0 Å². The average molecular weight is 169 g/mol. The van der Waals surface area contributed by atoms with Gasteiger partial charge in [-0.1, -0.05) is 0 Å². The largest absolute Gasteiger partial charge is 0.480 e. The van der Waals surface area contributed by atoms with E-state index in [0.717, 1.165) is 6.08 Å². The Hall–Kier alpha value is -1.65. The number of aliphatic carboxylic acids is 2. The van der Waals surface area contributed by atoms with Gasteiger partial charge >= 0.3 is 11.9 Å². The Balaban J connectivity index is 3.04. The second-order valence-electron chi connectivity index (χ2n) is 2.43. The normalized spacial score (nSPS) is 19.0. The van der Waals surface area contributed by atoms with Gasteiger partial charge in [-0.15, -0.1) is 0 Å². The summed E-state index contributed by atoms with van der Waals surface area (Å²) in [5.74, 6) is -2.73. The van der Waals surface area contributed by atoms with Crippen LogP contribution in [0.4, 0.5) is 0 Å². The van der Waals surface area contributed by atoms with Crippen LogP contribution in [0.25, 0.3) is 0 Å². The number of aliphatic imine (C=N–C) groups is 1. The second kappa shape index (κ2) is 2.77. The van der Waals surface area contributed by atoms with Crippen LogP contribution < -0.4 is 0 Å². The molecule has 0 atom stereocenters. The van der Waals surface area contributed by atoms with Crippen LogP contribution in [0.2, 0.25) is 0 Å². The summed E-state index contributed by atoms with van der Waals surface area (Å²) in [7, 11) is 0. The molecule has 1 rings (SSSR count). The van der Waals surface area contributed by atoms with Crippen LogP contribution >= 0.6 is 0 Å². The van der Waals surface area contributed by atoms with E-state index in [1.807, 2.05) is 0 Å². The van der Waals surface area contributed by atoms with Crippen molar-refractivity contribution in [1.29, 1.82) is 0 Å². The van der Waals surface area contributed by atoms with E-state index < -0.39 is 17.4 Å². The maximum Gasteiger partial charge on any atom is 0.325 e. The van der Waals surface area contributed by atoms with E-state index in [1.165, 1.54) is 12.4 Å². The van der Waals surface area contributed by atoms with Crippen molar-refractivity contribution in [3.8, 4) is 0 Å². The lowest BCUT2D eigenvalue weighted by Gasteiger charge is -2.19. The van der Waals surface area contributed by atoms with Crippen molar-refractivity contribution >= 4 is 18.2 Å². The molecule has 0 saturated carbocycles. The quantitative estimate of drug-likeness (QED) is 0.575. The summed E-state index contributed by atoms with van der Waals surface area (Å²) in [5.41, 5.74) is -1.82. The third kappa shape index (κ3) is 1.09. The molecule has 0 aliphatic carbocycles. The van der Waals surface area contributed by atoms with Crippen molar-refractivity contribution in [2.75, 3.05) is 0 Å². The van der Waals surface area contributed by atoms with Gasteiger partial charge in [-0.05, 0) is 6.08 Å². The first-order chi connectivity index (χ1) is 5.59. The van der Waals surface area contributed by atoms with E-state index in [0.29, 0.717) is 0 Å². The monoisotopic (exact) mass is 169 g/mol. The maximum absolute atomic E-state index is 10.6. The topological polar surface area (TPSA) is 87.0 Å². The standard InChI is InChI=1S/C7H7NO4/c9-5(10)7(6(11)12)1-3-8-4-2-7/h1,3-4H,2H2,(H,9,10)(H,11,12). The lowest BCUT2D eigenvalue weighted by atomic mass is 9.84. The van der Waals surface area contributed by atoms with Crippen molar-refractivity contribution in [1.82, 2.24) is 0 Å². The zero-order chi connectivity index (χ0) is 9.19. The zero-order valence-electron chi connectivity index (χ0n) is 6.10. The van der Waals surface area contributed by atoms with Crippen LogP contribution in [0.3, 0.4) is 0 Å². The molecule has 0 saturated heterocycles. The Morgan fingerprint density at radius 1 is 1.33 bits per heavy atom. The fraction of sp³-hybridized carbons (Fsp3) is 0.286. The maximum atomic E-state index is 10.6. The van der Waals surface area contributed by atoms with E-state index in [4.69, 9.17) is 10.2 Å². The molecule has 0 radical (unpaired) electrons. The van der Waals surface area contributed by atoms with Gasteiger partial charge < -0.3 is 10.2 Å². The molecular weight excluding hydrogens is 162 g/mol. The summed E-state index contributed by atoms with van der Waals surface area (Å²) in [6, 6.07) is 0. The molecule has 2 N–H and O–H groups in total. The first-order valence-corrected chi connectivity index (χ1v) is 3.26. The molecule has 0 aromatic rings. The molecule has 0 unspecified atom stereocenters. The van der Waals surface area contributed by atoms with Crippen LogP contribution in [-0.4, -0.2) is 28.4 Å². The first-order valence-electron chi connectivity index (χ1n) is 3.26. The minimum Gasteiger partial charge on any atom is -0.480 e. The molecule has 1 heterocycles. The highest BCUT2D eigenvalue weighted by Gasteiger charge is 2.44. The predicted octanol–water partition coefficient (Wildman–Crippen LogP) is 0.130. The number of hydrogen-bond acceptors (Lipinski definition) is 3. The van der Waals surface area contributed by atoms with Crippen molar-refractivity contribution < 1.29 is 19.8 Å². The molecule has 1 aliphatic rings. The molecule has 0 fully saturated rings. The third-order valence-electron chi connectivity index (χ3n) is 1.73. The van der Waals surface area contributed by atoms with Crippen LogP contribution in [0, 0.1) is 5.41 Å². The number of carbonyl (C=O) groups is 2. The van der Waals surface area contributed by atoms with Gasteiger partial charge in [-0.3, -0.25) is 14.6 Å². The number of nitrogens with zero attached hydrogens (tertiary/aromatic N) is 1. The summed E-state index contributed by atoms with van der Waals surface area (Å²) >= 11 is 0. The van der Waals surface area contributed by atoms with E-state index in [9.17, 15) is 9.59 Å². The predicted molar refractivity (Wildman–Crippen MR) is 40.0 cm³/mol. The van der Waals surface area contributed by atoms with Gasteiger partial charge in [0.15, 0.2) is 5.41 Å². The summed E-state index contributed by atoms with van der Waals surface area (Å²) in [4.78, 5) is 24.9. The van der Waals surface area contributed by atoms with Crippen LogP contribution in [0.15, 0.2) is 17.3 Å². The highest BCUT2D eigenvalue weighted by molar-refractivity contribution is 6.03. The van der Waals surface area contributed by atoms with Gasteiger partial charge in [0.1, 0.15) is 0 Å². The molecule has 12 heavy (non-hydrogen) atoms. The lowest BCUT2D eigenvalue weighted by molar-refractivity contribution is -0.160. The molecule has 0 aromatic heterocycles. The summed E-state index contributed by atoms with van der Waals surface area (Å²) < 4.78 is 0. The molecular formula is C7H7NO4. The zero-order valence-corrected chi connectivity index (χ0v) is 6.10. The van der Waals surface area contributed by atoms with E-state index in [1.54, 1.807) is 0 Å². The molecule has 5 nitrogen and oxygen atoms in total. The summed E-state index contributed by atoms with van der Waals surface area (Å²) in [5, 5.41) is 17.3. The summed E-state index contributed by atoms with van der Waals surface area (Å²) in [6.45, 7) is 0. The van der Waals surface area contributed by atoms with Gasteiger partial charge in [0.25, 0.3) is 0 Å². The molecule has 0 amide bonds. The van der Waals surface area contributed by atoms with E-state index in [-0.39, 0.29) is 6.42 Å². The summed E-state index contributed by atoms with van der Waals surface area (Å²) in [6.07, 6.45) is 3.44. The molecule has 0 aromatic carbocycles. The number of carboxylic acids is 2. The fourth-order valence-electron chi connectivity index (χ4n) is 0.905. The van der Waals surface area contributed by atoms with Crippen LogP contribution in [-0.2, 0) is 9.59 Å². The molecule has 1 aliphatic heterocycles. The van der Waals surface area contributed by atoms with Gasteiger partial charge in [-0.25, -0.2) is 0 Å². The molecule has 5 heteroatoms. The molecule has 0 spiro atoms. The Labute approximate surface area is 68.0 Å². The van der Waals surface area contributed by atoms with E-state index >= 15 is 0 Å². The number of carboxylic acid groups (broad SMARTS) is 2. The van der Waals surface area contributed by atoms with Gasteiger partial charge in [0.2, 0.25) is 0 Å². The Morgan fingerprint density at radius 3 is 2.17 bits per heavy atom. The molecule has 64 valence electrons. The molecule has 0 bridgehead atoms. The van der Waals surface area contributed by atoms with Crippen molar-refractivity contribution in [2.24, 2.45) is 10.4 Å². The third-order valence-corrected chi connectivity index (χ3v) is 1.73. The smallest absolute Gasteiger partial charge is 0.325 e. The average Bonchev–Trinajstić information content (AvgIpc) is 2.05. The van der Waals surface area contributed by atoms with Crippen molar-refractivity contribution in [2.45, 2.75) is 6.42 Å². The second-order valence-corrected chi connectivity index (χ2v) is 2.43. The highest BCUT2D eigenvalue weighted by atomic mass is 16.4. The number of hydrogen-bond donors (Lipinski definition) is 2. The minimum absolute atomic E-state index is 0.103. The van der Waals surface area contributed by atoms with E-state index in [2.05, 4.69) is 4.99 Å². The number of rotatable bonds is 2. The van der Waals surface area contributed by atoms with Crippen molar-refractivity contribution in [3.05, 3.63) is 12.3 Å². The minimum atomic E-state index is -1.82. The van der Waals surface area contributed by atoms with Crippen LogP contribution in [0.5, 0.6) is 0 Å². The van der Waals surface area contributed by atoms with Gasteiger partial charge in [-0.2, -0.15) is 0 Å².